The van der Waals surface area contributed by atoms with Crippen LogP contribution in [0.4, 0.5) is 5.82 Å². The lowest BCUT2D eigenvalue weighted by molar-refractivity contribution is 0.0714. The molecule has 7 heteroatoms. The number of aryl methyl sites for hydroxylation is 1. The Labute approximate surface area is 240 Å². The summed E-state index contributed by atoms with van der Waals surface area (Å²) in [4.78, 5) is 2.32. The van der Waals surface area contributed by atoms with Gasteiger partial charge in [-0.2, -0.15) is 5.10 Å². The molecule has 1 unspecified atom stereocenters. The van der Waals surface area contributed by atoms with E-state index < -0.39 is 6.10 Å². The van der Waals surface area contributed by atoms with Gasteiger partial charge >= 0.3 is 0 Å². The zero-order valence-corrected chi connectivity index (χ0v) is 24.9. The lowest BCUT2D eigenvalue weighted by Crippen LogP contribution is -2.37. The van der Waals surface area contributed by atoms with Gasteiger partial charge in [-0.25, -0.2) is 4.52 Å². The second-order valence-electron chi connectivity index (χ2n) is 10.7. The van der Waals surface area contributed by atoms with Crippen LogP contribution < -0.4 is 4.90 Å². The molecule has 2 fully saturated rings. The number of alkyl halides is 1. The largest absolute Gasteiger partial charge is 0.388 e. The van der Waals surface area contributed by atoms with Gasteiger partial charge in [-0.05, 0) is 43.2 Å². The number of ether oxygens (including phenoxy) is 2. The lowest BCUT2D eigenvalue weighted by Gasteiger charge is -2.28. The number of anilines is 1. The molecular formula is C31H42IN3O3. The molecule has 0 spiro atoms. The molecule has 1 aromatic carbocycles. The highest BCUT2D eigenvalue weighted by atomic mass is 127. The fourth-order valence-corrected chi connectivity index (χ4v) is 6.69. The number of hydrogen-bond donors (Lipinski definition) is 1. The first-order valence-electron chi connectivity index (χ1n) is 14.5. The zero-order valence-electron chi connectivity index (χ0n) is 22.7. The van der Waals surface area contributed by atoms with Gasteiger partial charge in [0.2, 0.25) is 0 Å². The quantitative estimate of drug-likeness (QED) is 0.188. The number of aliphatic hydroxyl groups excluding tert-OH is 1. The molecular weight excluding hydrogens is 589 g/mol. The number of nitrogens with zero attached hydrogens (tertiary/aromatic N) is 3. The number of halogens is 1. The van der Waals surface area contributed by atoms with Gasteiger partial charge in [0.1, 0.15) is 5.82 Å². The van der Waals surface area contributed by atoms with Crippen molar-refractivity contribution >= 4 is 33.9 Å². The highest BCUT2D eigenvalue weighted by molar-refractivity contribution is 14.1. The molecule has 2 aliphatic rings. The summed E-state index contributed by atoms with van der Waals surface area (Å²) in [5.74, 6) is 1.63. The Balaban J connectivity index is 1.65. The van der Waals surface area contributed by atoms with E-state index in [1.165, 1.54) is 37.8 Å². The number of rotatable bonds is 11. The van der Waals surface area contributed by atoms with E-state index in [9.17, 15) is 5.11 Å². The Morgan fingerprint density at radius 3 is 2.61 bits per heavy atom. The Kier molecular flexibility index (Phi) is 9.97. The molecule has 1 aliphatic heterocycles. The van der Waals surface area contributed by atoms with E-state index in [1.807, 2.05) is 0 Å². The molecule has 1 atom stereocenters. The summed E-state index contributed by atoms with van der Waals surface area (Å²) in [6, 6.07) is 12.8. The lowest BCUT2D eigenvalue weighted by atomic mass is 9.90. The highest BCUT2D eigenvalue weighted by Gasteiger charge is 2.28. The summed E-state index contributed by atoms with van der Waals surface area (Å²) < 4.78 is 15.1. The van der Waals surface area contributed by atoms with Crippen LogP contribution in [0.2, 0.25) is 0 Å². The summed E-state index contributed by atoms with van der Waals surface area (Å²) >= 11 is 2.37. The molecule has 1 aliphatic carbocycles. The minimum absolute atomic E-state index is 0.532. The summed E-state index contributed by atoms with van der Waals surface area (Å²) in [6.07, 6.45) is 8.59. The van der Waals surface area contributed by atoms with Crippen LogP contribution >= 0.6 is 22.6 Å². The highest BCUT2D eigenvalue weighted by Crippen LogP contribution is 2.39. The predicted molar refractivity (Wildman–Crippen MR) is 162 cm³/mol. The van der Waals surface area contributed by atoms with Crippen LogP contribution in [0.5, 0.6) is 0 Å². The van der Waals surface area contributed by atoms with E-state index in [1.54, 1.807) is 0 Å². The molecule has 1 saturated carbocycles. The maximum atomic E-state index is 11.6. The third-order valence-corrected chi connectivity index (χ3v) is 8.70. The summed E-state index contributed by atoms with van der Waals surface area (Å²) in [6.45, 7) is 6.65. The van der Waals surface area contributed by atoms with Gasteiger partial charge in [-0.3, -0.25) is 0 Å². The van der Waals surface area contributed by atoms with E-state index in [2.05, 4.69) is 75.3 Å². The minimum atomic E-state index is -0.556. The van der Waals surface area contributed by atoms with Gasteiger partial charge in [-0.1, -0.05) is 85.5 Å². The van der Waals surface area contributed by atoms with Crippen LogP contribution in [0.3, 0.4) is 0 Å². The minimum Gasteiger partial charge on any atom is -0.388 e. The number of fused-ring (bicyclic) bond motifs is 1. The van der Waals surface area contributed by atoms with Gasteiger partial charge in [0, 0.05) is 46.5 Å². The normalized spacial score (nSPS) is 17.8. The van der Waals surface area contributed by atoms with E-state index in [0.29, 0.717) is 32.2 Å². The van der Waals surface area contributed by atoms with Crippen LogP contribution in [0.1, 0.15) is 74.8 Å². The van der Waals surface area contributed by atoms with Crippen molar-refractivity contribution in [3.05, 3.63) is 53.2 Å². The smallest absolute Gasteiger partial charge is 0.150 e. The summed E-state index contributed by atoms with van der Waals surface area (Å²) in [7, 11) is 0. The first-order valence-corrected chi connectivity index (χ1v) is 16.0. The SMILES string of the molecule is CCCc1c(COCC2CCCCC2)c(C(O)CCI)c2c(-c3ccccc3)cc(N3CCOCC3)nn12. The third kappa shape index (κ3) is 6.21. The van der Waals surface area contributed by atoms with E-state index in [-0.39, 0.29) is 0 Å². The Morgan fingerprint density at radius 1 is 1.13 bits per heavy atom. The van der Waals surface area contributed by atoms with Gasteiger partial charge in [0.15, 0.2) is 0 Å². The second-order valence-corrected chi connectivity index (χ2v) is 11.8. The van der Waals surface area contributed by atoms with Crippen molar-refractivity contribution in [3.63, 3.8) is 0 Å². The predicted octanol–water partition coefficient (Wildman–Crippen LogP) is 6.75. The van der Waals surface area contributed by atoms with Gasteiger partial charge in [0.05, 0.1) is 31.4 Å². The molecule has 38 heavy (non-hydrogen) atoms. The molecule has 1 saturated heterocycles. The van der Waals surface area contributed by atoms with Crippen molar-refractivity contribution in [2.45, 2.75) is 71.0 Å². The van der Waals surface area contributed by atoms with Crippen molar-refractivity contribution < 1.29 is 14.6 Å². The summed E-state index contributed by atoms with van der Waals surface area (Å²) in [5, 5.41) is 16.8. The van der Waals surface area contributed by atoms with Crippen molar-refractivity contribution in [2.75, 3.05) is 42.2 Å². The molecule has 3 heterocycles. The van der Waals surface area contributed by atoms with Crippen molar-refractivity contribution in [1.82, 2.24) is 9.61 Å². The first-order chi connectivity index (χ1) is 18.7. The van der Waals surface area contributed by atoms with Crippen LogP contribution in [-0.2, 0) is 22.5 Å². The maximum Gasteiger partial charge on any atom is 0.150 e. The molecule has 5 rings (SSSR count). The van der Waals surface area contributed by atoms with Crippen LogP contribution in [0.25, 0.3) is 16.6 Å². The maximum absolute atomic E-state index is 11.6. The Bertz CT molecular complexity index is 1170. The van der Waals surface area contributed by atoms with E-state index in [0.717, 1.165) is 70.6 Å². The Hall–Kier alpha value is -1.68. The molecule has 3 aromatic rings. The molecule has 206 valence electrons. The molecule has 2 aromatic heterocycles. The van der Waals surface area contributed by atoms with Gasteiger partial charge in [-0.15, -0.1) is 0 Å². The third-order valence-electron chi connectivity index (χ3n) is 8.07. The fraction of sp³-hybridized carbons (Fsp3) is 0.581. The van der Waals surface area contributed by atoms with E-state index in [4.69, 9.17) is 14.6 Å². The average Bonchev–Trinajstić information content (AvgIpc) is 3.27. The first kappa shape index (κ1) is 27.9. The fourth-order valence-electron chi connectivity index (χ4n) is 6.10. The van der Waals surface area contributed by atoms with Crippen LogP contribution in [0, 0.1) is 5.92 Å². The number of hydrogen-bond acceptors (Lipinski definition) is 5. The molecule has 0 bridgehead atoms. The van der Waals surface area contributed by atoms with Crippen LogP contribution in [0.15, 0.2) is 36.4 Å². The van der Waals surface area contributed by atoms with Gasteiger partial charge in [0.25, 0.3) is 0 Å². The number of benzene rings is 1. The Morgan fingerprint density at radius 2 is 1.89 bits per heavy atom. The number of morpholine rings is 1. The van der Waals surface area contributed by atoms with Crippen molar-refractivity contribution in [1.29, 1.82) is 0 Å². The average molecular weight is 632 g/mol. The molecule has 0 radical (unpaired) electrons. The molecule has 0 amide bonds. The number of aliphatic hydroxyl groups is 1. The van der Waals surface area contributed by atoms with E-state index >= 15 is 0 Å². The van der Waals surface area contributed by atoms with Crippen LogP contribution in [-0.4, -0.2) is 52.1 Å². The number of aromatic nitrogens is 2. The van der Waals surface area contributed by atoms with Crippen molar-refractivity contribution in [2.24, 2.45) is 5.92 Å². The monoisotopic (exact) mass is 631 g/mol. The second kappa shape index (κ2) is 13.6. The topological polar surface area (TPSA) is 59.2 Å². The van der Waals surface area contributed by atoms with Gasteiger partial charge < -0.3 is 19.5 Å². The van der Waals surface area contributed by atoms with Crippen molar-refractivity contribution in [3.8, 4) is 11.1 Å². The molecule has 6 nitrogen and oxygen atoms in total. The standard InChI is InChI=1S/C31H42IN3O3/c1-2-9-27-26(22-38-21-23-10-5-3-6-11-23)30(28(36)14-15-32)31-25(24-12-7-4-8-13-24)20-29(33-35(27)31)34-16-18-37-19-17-34/h4,7-8,12-13,20,23,28,36H,2-3,5-6,9-11,14-19,21-22H2,1H3. The zero-order chi connectivity index (χ0) is 26.3. The summed E-state index contributed by atoms with van der Waals surface area (Å²) in [5.41, 5.74) is 6.64. The molecule has 1 N–H and O–H groups in total.